The first-order valence-corrected chi connectivity index (χ1v) is 6.16. The van der Waals surface area contributed by atoms with Gasteiger partial charge in [0.25, 0.3) is 5.56 Å². The Kier molecular flexibility index (Phi) is 3.09. The molecule has 0 spiro atoms. The van der Waals surface area contributed by atoms with Crippen LogP contribution in [0.1, 0.15) is 0 Å². The third-order valence-corrected chi connectivity index (χ3v) is 3.05. The first-order chi connectivity index (χ1) is 9.79. The molecule has 0 bridgehead atoms. The Morgan fingerprint density at radius 3 is 2.60 bits per heavy atom. The van der Waals surface area contributed by atoms with E-state index in [1.165, 1.54) is 4.68 Å². The van der Waals surface area contributed by atoms with Crippen molar-refractivity contribution in [3.63, 3.8) is 0 Å². The van der Waals surface area contributed by atoms with Crippen LogP contribution in [-0.2, 0) is 0 Å². The zero-order chi connectivity index (χ0) is 13.9. The summed E-state index contributed by atoms with van der Waals surface area (Å²) in [5.74, 6) is 1.33. The van der Waals surface area contributed by atoms with Crippen LogP contribution in [0.25, 0.3) is 16.9 Å². The van der Waals surface area contributed by atoms with Gasteiger partial charge in [0.1, 0.15) is 5.75 Å². The van der Waals surface area contributed by atoms with E-state index in [-0.39, 0.29) is 5.56 Å². The molecule has 5 nitrogen and oxygen atoms in total. The van der Waals surface area contributed by atoms with Gasteiger partial charge in [0.15, 0.2) is 5.82 Å². The molecule has 3 rings (SSSR count). The van der Waals surface area contributed by atoms with Gasteiger partial charge < -0.3 is 4.74 Å². The van der Waals surface area contributed by atoms with E-state index in [0.717, 1.165) is 11.3 Å². The van der Waals surface area contributed by atoms with E-state index in [2.05, 4.69) is 10.1 Å². The van der Waals surface area contributed by atoms with E-state index in [1.807, 2.05) is 36.4 Å². The predicted molar refractivity (Wildman–Crippen MR) is 76.2 cm³/mol. The molecular weight excluding hydrogens is 254 g/mol. The van der Waals surface area contributed by atoms with Gasteiger partial charge in [-0.3, -0.25) is 9.89 Å². The van der Waals surface area contributed by atoms with Crippen LogP contribution in [0, 0.1) is 0 Å². The van der Waals surface area contributed by atoms with Crippen molar-refractivity contribution in [2.75, 3.05) is 7.11 Å². The van der Waals surface area contributed by atoms with E-state index in [9.17, 15) is 4.79 Å². The number of aromatic amines is 1. The molecule has 2 aromatic heterocycles. The highest BCUT2D eigenvalue weighted by atomic mass is 16.5. The summed E-state index contributed by atoms with van der Waals surface area (Å²) in [6.45, 7) is 0. The van der Waals surface area contributed by atoms with Crippen LogP contribution < -0.4 is 10.3 Å². The molecule has 100 valence electrons. The first-order valence-electron chi connectivity index (χ1n) is 6.16. The van der Waals surface area contributed by atoms with Gasteiger partial charge >= 0.3 is 0 Å². The Balaban J connectivity index is 2.04. The Labute approximate surface area is 115 Å². The summed E-state index contributed by atoms with van der Waals surface area (Å²) in [6, 6.07) is 12.8. The number of benzene rings is 1. The normalized spacial score (nSPS) is 10.4. The minimum Gasteiger partial charge on any atom is -0.497 e. The molecule has 0 fully saturated rings. The molecule has 0 saturated heterocycles. The number of methoxy groups -OCH3 is 1. The first kappa shape index (κ1) is 12.2. The number of aromatic nitrogens is 3. The molecule has 0 aliphatic heterocycles. The van der Waals surface area contributed by atoms with Gasteiger partial charge in [-0.25, -0.2) is 9.67 Å². The van der Waals surface area contributed by atoms with Crippen molar-refractivity contribution in [2.24, 2.45) is 0 Å². The van der Waals surface area contributed by atoms with Gasteiger partial charge in [-0.15, -0.1) is 0 Å². The lowest BCUT2D eigenvalue weighted by molar-refractivity contribution is 0.415. The lowest BCUT2D eigenvalue weighted by atomic mass is 10.1. The van der Waals surface area contributed by atoms with Crippen LogP contribution in [0.2, 0.25) is 0 Å². The zero-order valence-corrected chi connectivity index (χ0v) is 10.9. The van der Waals surface area contributed by atoms with E-state index in [4.69, 9.17) is 4.74 Å². The summed E-state index contributed by atoms with van der Waals surface area (Å²) in [4.78, 5) is 16.5. The molecule has 0 aliphatic carbocycles. The van der Waals surface area contributed by atoms with Crippen LogP contribution in [0.3, 0.4) is 0 Å². The zero-order valence-electron chi connectivity index (χ0n) is 10.9. The summed E-state index contributed by atoms with van der Waals surface area (Å²) >= 11 is 0. The van der Waals surface area contributed by atoms with Gasteiger partial charge in [0.05, 0.1) is 12.7 Å². The minimum absolute atomic E-state index is 0.131. The van der Waals surface area contributed by atoms with Crippen molar-refractivity contribution in [2.45, 2.75) is 0 Å². The van der Waals surface area contributed by atoms with Crippen molar-refractivity contribution >= 4 is 0 Å². The molecule has 3 aromatic rings. The number of hydrogen-bond acceptors (Lipinski definition) is 3. The van der Waals surface area contributed by atoms with E-state index >= 15 is 0 Å². The second-order valence-electron chi connectivity index (χ2n) is 4.24. The molecule has 0 radical (unpaired) electrons. The topological polar surface area (TPSA) is 59.9 Å². The van der Waals surface area contributed by atoms with Crippen molar-refractivity contribution in [3.05, 3.63) is 65.2 Å². The summed E-state index contributed by atoms with van der Waals surface area (Å²) in [6.07, 6.45) is 3.33. The second kappa shape index (κ2) is 5.05. The molecule has 5 heteroatoms. The van der Waals surface area contributed by atoms with Crippen molar-refractivity contribution in [3.8, 4) is 22.7 Å². The van der Waals surface area contributed by atoms with E-state index in [0.29, 0.717) is 11.4 Å². The molecule has 2 heterocycles. The van der Waals surface area contributed by atoms with Gasteiger partial charge in [-0.2, -0.15) is 0 Å². The number of nitrogens with zero attached hydrogens (tertiary/aromatic N) is 2. The summed E-state index contributed by atoms with van der Waals surface area (Å²) in [7, 11) is 1.61. The van der Waals surface area contributed by atoms with Crippen LogP contribution in [-0.4, -0.2) is 21.9 Å². The van der Waals surface area contributed by atoms with Gasteiger partial charge in [-0.05, 0) is 29.8 Å². The molecule has 0 unspecified atom stereocenters. The summed E-state index contributed by atoms with van der Waals surface area (Å²) in [5, 5.41) is 2.93. The highest BCUT2D eigenvalue weighted by Crippen LogP contribution is 2.19. The quantitative estimate of drug-likeness (QED) is 0.791. The smallest absolute Gasteiger partial charge is 0.280 e. The number of ether oxygens (including phenoxy) is 1. The van der Waals surface area contributed by atoms with E-state index < -0.39 is 0 Å². The Hall–Kier alpha value is -2.82. The molecule has 1 aromatic carbocycles. The average Bonchev–Trinajstić information content (AvgIpc) is 2.90. The average molecular weight is 267 g/mol. The SMILES string of the molecule is COc1ccc(-c2c[nH]n(-c3ccccn3)c2=O)cc1. The number of nitrogens with one attached hydrogen (secondary N) is 1. The van der Waals surface area contributed by atoms with Crippen molar-refractivity contribution in [1.29, 1.82) is 0 Å². The maximum atomic E-state index is 12.4. The second-order valence-corrected chi connectivity index (χ2v) is 4.24. The fourth-order valence-electron chi connectivity index (χ4n) is 2.00. The molecule has 1 N–H and O–H groups in total. The number of pyridine rings is 1. The largest absolute Gasteiger partial charge is 0.497 e. The Morgan fingerprint density at radius 2 is 1.95 bits per heavy atom. The highest BCUT2D eigenvalue weighted by Gasteiger charge is 2.10. The van der Waals surface area contributed by atoms with Crippen LogP contribution in [0.4, 0.5) is 0 Å². The number of rotatable bonds is 3. The molecule has 0 aliphatic rings. The lowest BCUT2D eigenvalue weighted by Crippen LogP contribution is -2.16. The van der Waals surface area contributed by atoms with Crippen molar-refractivity contribution in [1.82, 2.24) is 14.8 Å². The van der Waals surface area contributed by atoms with Gasteiger partial charge in [0.2, 0.25) is 0 Å². The van der Waals surface area contributed by atoms with Gasteiger partial charge in [0, 0.05) is 12.4 Å². The minimum atomic E-state index is -0.131. The standard InChI is InChI=1S/C15H13N3O2/c1-20-12-7-5-11(6-8-12)13-10-17-18(15(13)19)14-4-2-3-9-16-14/h2-10,17H,1H3. The molecule has 0 atom stereocenters. The maximum absolute atomic E-state index is 12.4. The Bertz CT molecular complexity index is 758. The molecule has 0 amide bonds. The van der Waals surface area contributed by atoms with Crippen LogP contribution >= 0.6 is 0 Å². The third-order valence-electron chi connectivity index (χ3n) is 3.05. The van der Waals surface area contributed by atoms with Crippen molar-refractivity contribution < 1.29 is 4.74 Å². The highest BCUT2D eigenvalue weighted by molar-refractivity contribution is 5.62. The fourth-order valence-corrected chi connectivity index (χ4v) is 2.00. The summed E-state index contributed by atoms with van der Waals surface area (Å²) in [5.41, 5.74) is 1.30. The number of hydrogen-bond donors (Lipinski definition) is 1. The molecule has 0 saturated carbocycles. The van der Waals surface area contributed by atoms with E-state index in [1.54, 1.807) is 25.6 Å². The van der Waals surface area contributed by atoms with Crippen LogP contribution in [0.15, 0.2) is 59.7 Å². The lowest BCUT2D eigenvalue weighted by Gasteiger charge is -2.00. The van der Waals surface area contributed by atoms with Gasteiger partial charge in [-0.1, -0.05) is 18.2 Å². The maximum Gasteiger partial charge on any atom is 0.280 e. The molecular formula is C15H13N3O2. The molecule has 20 heavy (non-hydrogen) atoms. The Morgan fingerprint density at radius 1 is 1.15 bits per heavy atom. The fraction of sp³-hybridized carbons (Fsp3) is 0.0667. The summed E-state index contributed by atoms with van der Waals surface area (Å²) < 4.78 is 6.52. The number of H-pyrrole nitrogens is 1. The monoisotopic (exact) mass is 267 g/mol. The van der Waals surface area contributed by atoms with Crippen LogP contribution in [0.5, 0.6) is 5.75 Å². The third kappa shape index (κ3) is 2.09. The predicted octanol–water partition coefficient (Wildman–Crippen LogP) is 2.24.